The van der Waals surface area contributed by atoms with Crippen LogP contribution in [0.2, 0.25) is 0 Å². The highest BCUT2D eigenvalue weighted by Gasteiger charge is 2.27. The van der Waals surface area contributed by atoms with Gasteiger partial charge in [0.1, 0.15) is 6.54 Å². The molecule has 1 heterocycles. The van der Waals surface area contributed by atoms with E-state index in [1.165, 1.54) is 30.4 Å². The van der Waals surface area contributed by atoms with Gasteiger partial charge in [-0.25, -0.2) is 0 Å². The number of rotatable bonds is 6. The monoisotopic (exact) mass is 216 g/mol. The Morgan fingerprint density at radius 2 is 1.80 bits per heavy atom. The second kappa shape index (κ2) is 6.46. The number of quaternary nitrogens is 1. The molecule has 0 N–H and O–H groups in total. The van der Waals surface area contributed by atoms with Gasteiger partial charge in [0.2, 0.25) is 0 Å². The number of ether oxygens (including phenoxy) is 2. The molecule has 0 aromatic heterocycles. The number of hydrogen-bond acceptors (Lipinski definition) is 2. The fraction of sp³-hybridized carbons (Fsp3) is 1.00. The van der Waals surface area contributed by atoms with Crippen LogP contribution < -0.4 is 0 Å². The highest BCUT2D eigenvalue weighted by Crippen LogP contribution is 2.20. The third-order valence-corrected chi connectivity index (χ3v) is 3.53. The maximum absolute atomic E-state index is 5.53. The van der Waals surface area contributed by atoms with Crippen molar-refractivity contribution in [2.45, 2.75) is 19.8 Å². The highest BCUT2D eigenvalue weighted by atomic mass is 16.5. The van der Waals surface area contributed by atoms with E-state index in [0.29, 0.717) is 6.61 Å². The van der Waals surface area contributed by atoms with Crippen LogP contribution in [0.25, 0.3) is 0 Å². The smallest absolute Gasteiger partial charge is 0.102 e. The summed E-state index contributed by atoms with van der Waals surface area (Å²) in [6, 6.07) is 0. The van der Waals surface area contributed by atoms with Gasteiger partial charge in [0.25, 0.3) is 0 Å². The van der Waals surface area contributed by atoms with E-state index in [1.54, 1.807) is 7.11 Å². The molecule has 0 aromatic carbocycles. The molecule has 0 unspecified atom stereocenters. The number of methoxy groups -OCH3 is 1. The Morgan fingerprint density at radius 1 is 1.13 bits per heavy atom. The fourth-order valence-corrected chi connectivity index (χ4v) is 2.07. The Balaban J connectivity index is 2.08. The molecule has 1 aliphatic rings. The molecule has 0 spiro atoms. The van der Waals surface area contributed by atoms with Crippen LogP contribution in [0.1, 0.15) is 19.8 Å². The molecule has 0 radical (unpaired) electrons. The normalized spacial score (nSPS) is 31.8. The molecule has 1 rings (SSSR count). The number of likely N-dealkylation sites (tertiary alicyclic amines) is 1. The van der Waals surface area contributed by atoms with Crippen molar-refractivity contribution in [3.8, 4) is 0 Å². The first-order valence-corrected chi connectivity index (χ1v) is 6.06. The Morgan fingerprint density at radius 3 is 2.40 bits per heavy atom. The quantitative estimate of drug-likeness (QED) is 0.495. The predicted molar refractivity (Wildman–Crippen MR) is 61.9 cm³/mol. The fourth-order valence-electron chi connectivity index (χ4n) is 2.07. The van der Waals surface area contributed by atoms with E-state index in [0.717, 1.165) is 25.7 Å². The molecule has 1 aliphatic heterocycles. The van der Waals surface area contributed by atoms with Crippen LogP contribution in [-0.4, -0.2) is 58.1 Å². The van der Waals surface area contributed by atoms with E-state index < -0.39 is 0 Å². The van der Waals surface area contributed by atoms with Crippen molar-refractivity contribution in [1.29, 1.82) is 0 Å². The summed E-state index contributed by atoms with van der Waals surface area (Å²) in [4.78, 5) is 0. The molecule has 3 nitrogen and oxygen atoms in total. The maximum Gasteiger partial charge on any atom is 0.102 e. The lowest BCUT2D eigenvalue weighted by atomic mass is 9.97. The van der Waals surface area contributed by atoms with Crippen molar-refractivity contribution in [3.63, 3.8) is 0 Å². The minimum absolute atomic E-state index is 0.709. The van der Waals surface area contributed by atoms with Crippen LogP contribution in [0.4, 0.5) is 0 Å². The van der Waals surface area contributed by atoms with Crippen LogP contribution in [0, 0.1) is 5.92 Å². The van der Waals surface area contributed by atoms with Crippen LogP contribution in [0.15, 0.2) is 0 Å². The molecule has 90 valence electrons. The molecule has 0 amide bonds. The van der Waals surface area contributed by atoms with Gasteiger partial charge in [-0.1, -0.05) is 6.92 Å². The number of piperidine rings is 1. The van der Waals surface area contributed by atoms with Crippen LogP contribution in [0.3, 0.4) is 0 Å². The lowest BCUT2D eigenvalue weighted by Crippen LogP contribution is -2.51. The molecule has 15 heavy (non-hydrogen) atoms. The van der Waals surface area contributed by atoms with E-state index in [1.807, 2.05) is 0 Å². The van der Waals surface area contributed by atoms with E-state index in [9.17, 15) is 0 Å². The van der Waals surface area contributed by atoms with Gasteiger partial charge in [0.15, 0.2) is 0 Å². The van der Waals surface area contributed by atoms with Gasteiger partial charge in [0, 0.05) is 7.11 Å². The van der Waals surface area contributed by atoms with Crippen LogP contribution >= 0.6 is 0 Å². The molecular weight excluding hydrogens is 190 g/mol. The second-order valence-electron chi connectivity index (χ2n) is 5.08. The van der Waals surface area contributed by atoms with Crippen molar-refractivity contribution in [2.75, 3.05) is 53.6 Å². The van der Waals surface area contributed by atoms with E-state index >= 15 is 0 Å². The minimum Gasteiger partial charge on any atom is -0.382 e. The van der Waals surface area contributed by atoms with Crippen molar-refractivity contribution < 1.29 is 14.0 Å². The number of nitrogens with zero attached hydrogens (tertiary/aromatic N) is 1. The molecule has 0 aromatic rings. The first kappa shape index (κ1) is 12.9. The van der Waals surface area contributed by atoms with Crippen molar-refractivity contribution >= 4 is 0 Å². The summed E-state index contributed by atoms with van der Waals surface area (Å²) < 4.78 is 11.7. The standard InChI is InChI=1S/C12H26NO2/c1-12-4-6-13(2,7-5-12)8-9-15-11-10-14-3/h12H,4-11H2,1-3H3/q+1. The molecule has 0 atom stereocenters. The Kier molecular flexibility index (Phi) is 5.58. The molecule has 0 saturated carbocycles. The van der Waals surface area contributed by atoms with Gasteiger partial charge < -0.3 is 14.0 Å². The van der Waals surface area contributed by atoms with Gasteiger partial charge >= 0.3 is 0 Å². The molecular formula is C12H26NO2+. The lowest BCUT2D eigenvalue weighted by Gasteiger charge is -2.39. The third-order valence-electron chi connectivity index (χ3n) is 3.53. The summed E-state index contributed by atoms with van der Waals surface area (Å²) in [6.07, 6.45) is 2.74. The van der Waals surface area contributed by atoms with Crippen molar-refractivity contribution in [1.82, 2.24) is 0 Å². The predicted octanol–water partition coefficient (Wildman–Crippen LogP) is 1.53. The Labute approximate surface area is 93.9 Å². The Bertz CT molecular complexity index is 165. The van der Waals surface area contributed by atoms with Gasteiger partial charge in [0.05, 0.1) is 40.0 Å². The number of likely N-dealkylation sites (N-methyl/N-ethyl adjacent to an activating group) is 1. The van der Waals surface area contributed by atoms with Gasteiger partial charge in [-0.2, -0.15) is 0 Å². The zero-order chi connectivity index (χ0) is 11.1. The highest BCUT2D eigenvalue weighted by molar-refractivity contribution is 4.59. The summed E-state index contributed by atoms with van der Waals surface area (Å²) in [5, 5.41) is 0. The van der Waals surface area contributed by atoms with Gasteiger partial charge in [-0.15, -0.1) is 0 Å². The van der Waals surface area contributed by atoms with E-state index in [4.69, 9.17) is 9.47 Å². The molecule has 3 heteroatoms. The first-order valence-electron chi connectivity index (χ1n) is 6.06. The topological polar surface area (TPSA) is 18.5 Å². The Hall–Kier alpha value is -0.120. The summed E-state index contributed by atoms with van der Waals surface area (Å²) in [7, 11) is 4.06. The third kappa shape index (κ3) is 4.96. The molecule has 0 bridgehead atoms. The molecule has 0 aliphatic carbocycles. The van der Waals surface area contributed by atoms with Crippen LogP contribution in [-0.2, 0) is 9.47 Å². The largest absolute Gasteiger partial charge is 0.382 e. The lowest BCUT2D eigenvalue weighted by molar-refractivity contribution is -0.915. The van der Waals surface area contributed by atoms with E-state index in [2.05, 4.69) is 14.0 Å². The second-order valence-corrected chi connectivity index (χ2v) is 5.08. The maximum atomic E-state index is 5.53. The van der Waals surface area contributed by atoms with Crippen molar-refractivity contribution in [3.05, 3.63) is 0 Å². The van der Waals surface area contributed by atoms with Crippen LogP contribution in [0.5, 0.6) is 0 Å². The summed E-state index contributed by atoms with van der Waals surface area (Å²) in [5.41, 5.74) is 0. The molecule has 1 saturated heterocycles. The van der Waals surface area contributed by atoms with Gasteiger partial charge in [-0.05, 0) is 18.8 Å². The summed E-state index contributed by atoms with van der Waals surface area (Å²) in [5.74, 6) is 0.922. The first-order chi connectivity index (χ1) is 7.16. The summed E-state index contributed by atoms with van der Waals surface area (Å²) >= 11 is 0. The summed E-state index contributed by atoms with van der Waals surface area (Å²) in [6.45, 7) is 8.44. The zero-order valence-electron chi connectivity index (χ0n) is 10.5. The van der Waals surface area contributed by atoms with Gasteiger partial charge in [-0.3, -0.25) is 0 Å². The SMILES string of the molecule is COCCOCC[N+]1(C)CCC(C)CC1. The van der Waals surface area contributed by atoms with Crippen molar-refractivity contribution in [2.24, 2.45) is 5.92 Å². The zero-order valence-corrected chi connectivity index (χ0v) is 10.5. The van der Waals surface area contributed by atoms with E-state index in [-0.39, 0.29) is 0 Å². The molecule has 1 fully saturated rings. The minimum atomic E-state index is 0.709. The number of hydrogen-bond donors (Lipinski definition) is 0. The average Bonchev–Trinajstić information content (AvgIpc) is 2.23. The average molecular weight is 216 g/mol.